The lowest BCUT2D eigenvalue weighted by molar-refractivity contribution is 0.0540. The van der Waals surface area contributed by atoms with Crippen LogP contribution in [-0.2, 0) is 11.3 Å². The van der Waals surface area contributed by atoms with Crippen LogP contribution in [0.15, 0.2) is 24.4 Å². The lowest BCUT2D eigenvalue weighted by Crippen LogP contribution is -2.35. The zero-order valence-electron chi connectivity index (χ0n) is 14.6. The van der Waals surface area contributed by atoms with E-state index in [1.807, 2.05) is 24.4 Å². The second-order valence-corrected chi connectivity index (χ2v) is 7.46. The molecule has 0 bridgehead atoms. The van der Waals surface area contributed by atoms with Crippen molar-refractivity contribution < 1.29 is 4.74 Å². The highest BCUT2D eigenvalue weighted by atomic mass is 35.5. The van der Waals surface area contributed by atoms with Crippen molar-refractivity contribution in [1.29, 1.82) is 0 Å². The van der Waals surface area contributed by atoms with E-state index in [-0.39, 0.29) is 37.2 Å². The molecule has 0 amide bonds. The van der Waals surface area contributed by atoms with Crippen molar-refractivity contribution in [1.82, 2.24) is 15.2 Å². The summed E-state index contributed by atoms with van der Waals surface area (Å²) in [6.45, 7) is 7.68. The van der Waals surface area contributed by atoms with Crippen LogP contribution in [-0.4, -0.2) is 49.2 Å². The normalized spacial score (nSPS) is 28.2. The fraction of sp³-hybridized carbons (Fsp3) is 0.722. The molecule has 4 nitrogen and oxygen atoms in total. The van der Waals surface area contributed by atoms with Crippen LogP contribution >= 0.6 is 37.2 Å². The van der Waals surface area contributed by atoms with Gasteiger partial charge >= 0.3 is 0 Å². The minimum atomic E-state index is 0. The number of nitrogens with zero attached hydrogens (tertiary/aromatic N) is 2. The Labute approximate surface area is 169 Å². The summed E-state index contributed by atoms with van der Waals surface area (Å²) in [7, 11) is 0. The predicted molar refractivity (Wildman–Crippen MR) is 108 cm³/mol. The third kappa shape index (κ3) is 5.69. The molecule has 3 heterocycles. The van der Waals surface area contributed by atoms with Gasteiger partial charge in [-0.15, -0.1) is 37.2 Å². The summed E-state index contributed by atoms with van der Waals surface area (Å²) in [5.41, 5.74) is 1.49. The van der Waals surface area contributed by atoms with Crippen LogP contribution in [0.3, 0.4) is 0 Å². The van der Waals surface area contributed by atoms with Gasteiger partial charge in [0, 0.05) is 43.7 Å². The van der Waals surface area contributed by atoms with Gasteiger partial charge in [-0.05, 0) is 43.9 Å². The van der Waals surface area contributed by atoms with Crippen molar-refractivity contribution in [2.45, 2.75) is 25.9 Å². The van der Waals surface area contributed by atoms with Crippen molar-refractivity contribution in [3.05, 3.63) is 30.1 Å². The number of pyridine rings is 1. The van der Waals surface area contributed by atoms with E-state index in [0.717, 1.165) is 18.2 Å². The van der Waals surface area contributed by atoms with E-state index in [4.69, 9.17) is 4.74 Å². The van der Waals surface area contributed by atoms with E-state index >= 15 is 0 Å². The molecule has 25 heavy (non-hydrogen) atoms. The number of rotatable bonds is 6. The number of aromatic nitrogens is 1. The number of likely N-dealkylation sites (tertiary alicyclic amines) is 1. The molecular weight excluding hydrogens is 381 g/mol. The van der Waals surface area contributed by atoms with Crippen molar-refractivity contribution in [2.75, 3.05) is 39.3 Å². The number of hydrogen-bond acceptors (Lipinski definition) is 4. The first-order valence-corrected chi connectivity index (χ1v) is 8.75. The summed E-state index contributed by atoms with van der Waals surface area (Å²) in [5.74, 6) is 1.66. The molecule has 2 saturated heterocycles. The van der Waals surface area contributed by atoms with Gasteiger partial charge in [0.1, 0.15) is 0 Å². The van der Waals surface area contributed by atoms with Crippen LogP contribution in [0.4, 0.5) is 0 Å². The van der Waals surface area contributed by atoms with Crippen LogP contribution in [0.2, 0.25) is 0 Å². The van der Waals surface area contributed by atoms with Crippen LogP contribution in [0.1, 0.15) is 25.0 Å². The molecule has 1 aromatic heterocycles. The Hall–Kier alpha value is -0.100. The molecule has 4 rings (SSSR count). The third-order valence-corrected chi connectivity index (χ3v) is 5.67. The molecule has 0 unspecified atom stereocenters. The monoisotopic (exact) mass is 409 g/mol. The van der Waals surface area contributed by atoms with E-state index in [2.05, 4.69) is 15.2 Å². The summed E-state index contributed by atoms with van der Waals surface area (Å²) in [6, 6.07) is 6.03. The maximum atomic E-state index is 6.04. The SMILES string of the molecule is Cl.Cl.Cl.c1ccc(COC[C@H]2CN(CC3CC3)C[C@@]23CCNC3)nc1. The highest BCUT2D eigenvalue weighted by Crippen LogP contribution is 2.43. The zero-order chi connectivity index (χ0) is 14.8. The van der Waals surface area contributed by atoms with Crippen LogP contribution in [0.25, 0.3) is 0 Å². The molecule has 0 aromatic carbocycles. The topological polar surface area (TPSA) is 37.4 Å². The quantitative estimate of drug-likeness (QED) is 0.781. The Kier molecular flexibility index (Phi) is 9.44. The Morgan fingerprint density at radius 3 is 2.72 bits per heavy atom. The fourth-order valence-corrected chi connectivity index (χ4v) is 4.21. The van der Waals surface area contributed by atoms with Crippen LogP contribution in [0, 0.1) is 17.3 Å². The smallest absolute Gasteiger partial charge is 0.0887 e. The number of ether oxygens (including phenoxy) is 1. The second kappa shape index (κ2) is 10.3. The van der Waals surface area contributed by atoms with Crippen molar-refractivity contribution in [2.24, 2.45) is 17.3 Å². The molecule has 1 saturated carbocycles. The standard InChI is InChI=1S/C18H27N3O.3ClH/c1-2-7-20-17(3-1)12-22-11-16-10-21(9-15-4-5-15)14-18(16)6-8-19-13-18;;;/h1-3,7,15-16,19H,4-6,8-14H2;3*1H/t16-,18+;;;/m1.../s1. The molecule has 7 heteroatoms. The largest absolute Gasteiger partial charge is 0.375 e. The van der Waals surface area contributed by atoms with Gasteiger partial charge in [0.05, 0.1) is 18.9 Å². The summed E-state index contributed by atoms with van der Waals surface area (Å²) in [6.07, 6.45) is 6.05. The van der Waals surface area contributed by atoms with E-state index in [0.29, 0.717) is 17.9 Å². The molecule has 1 N–H and O–H groups in total. The molecule has 3 aliphatic rings. The summed E-state index contributed by atoms with van der Waals surface area (Å²) < 4.78 is 6.04. The second-order valence-electron chi connectivity index (χ2n) is 7.46. The molecule has 1 aromatic rings. The Balaban J connectivity index is 0.00000104. The zero-order valence-corrected chi connectivity index (χ0v) is 17.0. The Morgan fingerprint density at radius 1 is 1.24 bits per heavy atom. The van der Waals surface area contributed by atoms with Crippen molar-refractivity contribution in [3.8, 4) is 0 Å². The maximum absolute atomic E-state index is 6.04. The number of hydrogen-bond donors (Lipinski definition) is 1. The van der Waals surface area contributed by atoms with Crippen molar-refractivity contribution in [3.63, 3.8) is 0 Å². The summed E-state index contributed by atoms with van der Waals surface area (Å²) in [4.78, 5) is 7.05. The molecular formula is C18H30Cl3N3O. The lowest BCUT2D eigenvalue weighted by atomic mass is 9.78. The third-order valence-electron chi connectivity index (χ3n) is 5.67. The summed E-state index contributed by atoms with van der Waals surface area (Å²) in [5, 5.41) is 3.59. The predicted octanol–water partition coefficient (Wildman–Crippen LogP) is 3.19. The van der Waals surface area contributed by atoms with E-state index in [1.54, 1.807) is 0 Å². The minimum absolute atomic E-state index is 0. The first-order chi connectivity index (χ1) is 10.8. The van der Waals surface area contributed by atoms with Gasteiger partial charge in [0.2, 0.25) is 0 Å². The molecule has 2 aliphatic heterocycles. The fourth-order valence-electron chi connectivity index (χ4n) is 4.21. The molecule has 1 aliphatic carbocycles. The minimum Gasteiger partial charge on any atom is -0.375 e. The van der Waals surface area contributed by atoms with Gasteiger partial charge in [-0.3, -0.25) is 4.98 Å². The average Bonchev–Trinajstić information content (AvgIpc) is 3.12. The van der Waals surface area contributed by atoms with Gasteiger partial charge in [0.15, 0.2) is 0 Å². The first-order valence-electron chi connectivity index (χ1n) is 8.75. The lowest BCUT2D eigenvalue weighted by Gasteiger charge is -2.29. The van der Waals surface area contributed by atoms with Gasteiger partial charge < -0.3 is 15.0 Å². The van der Waals surface area contributed by atoms with Gasteiger partial charge in [-0.25, -0.2) is 0 Å². The first kappa shape index (κ1) is 22.9. The number of nitrogens with one attached hydrogen (secondary N) is 1. The molecule has 0 radical (unpaired) electrons. The molecule has 1 spiro atoms. The van der Waals surface area contributed by atoms with Crippen LogP contribution < -0.4 is 5.32 Å². The van der Waals surface area contributed by atoms with Crippen molar-refractivity contribution >= 4 is 37.2 Å². The van der Waals surface area contributed by atoms with E-state index in [9.17, 15) is 0 Å². The number of halogens is 3. The Morgan fingerprint density at radius 2 is 2.08 bits per heavy atom. The van der Waals surface area contributed by atoms with Gasteiger partial charge in [-0.1, -0.05) is 6.07 Å². The maximum Gasteiger partial charge on any atom is 0.0887 e. The van der Waals surface area contributed by atoms with Gasteiger partial charge in [-0.2, -0.15) is 0 Å². The molecule has 3 fully saturated rings. The highest BCUT2D eigenvalue weighted by molar-refractivity contribution is 5.86. The summed E-state index contributed by atoms with van der Waals surface area (Å²) >= 11 is 0. The van der Waals surface area contributed by atoms with E-state index < -0.39 is 0 Å². The highest BCUT2D eigenvalue weighted by Gasteiger charge is 2.48. The molecule has 144 valence electrons. The van der Waals surface area contributed by atoms with Crippen LogP contribution in [0.5, 0.6) is 0 Å². The van der Waals surface area contributed by atoms with Gasteiger partial charge in [0.25, 0.3) is 0 Å². The average molecular weight is 411 g/mol. The van der Waals surface area contributed by atoms with E-state index in [1.165, 1.54) is 52.0 Å². The Bertz CT molecular complexity index is 496. The molecule has 2 atom stereocenters.